The SMILES string of the molecule is Cc1c(C(=O)NOCC(C)C)oc2ccc(F)cc12. The van der Waals surface area contributed by atoms with E-state index < -0.39 is 5.91 Å². The Hall–Kier alpha value is -1.88. The molecule has 1 aromatic heterocycles. The minimum atomic E-state index is -0.463. The van der Waals surface area contributed by atoms with Crippen LogP contribution in [0.25, 0.3) is 11.0 Å². The summed E-state index contributed by atoms with van der Waals surface area (Å²) in [5, 5.41) is 0.592. The Morgan fingerprint density at radius 2 is 2.21 bits per heavy atom. The molecule has 1 N–H and O–H groups in total. The number of hydrogen-bond donors (Lipinski definition) is 1. The standard InChI is InChI=1S/C14H16FNO3/c1-8(2)7-18-16-14(17)13-9(3)11-6-10(15)4-5-12(11)19-13/h4-6,8H,7H2,1-3H3,(H,16,17). The largest absolute Gasteiger partial charge is 0.451 e. The van der Waals surface area contributed by atoms with E-state index in [1.165, 1.54) is 18.2 Å². The predicted octanol–water partition coefficient (Wildman–Crippen LogP) is 3.20. The van der Waals surface area contributed by atoms with Crippen molar-refractivity contribution < 1.29 is 18.4 Å². The second kappa shape index (κ2) is 5.40. The lowest BCUT2D eigenvalue weighted by atomic mass is 10.1. The van der Waals surface area contributed by atoms with Gasteiger partial charge in [0, 0.05) is 10.9 Å². The number of carbonyl (C=O) groups excluding carboxylic acids is 1. The summed E-state index contributed by atoms with van der Waals surface area (Å²) < 4.78 is 18.6. The number of hydrogen-bond acceptors (Lipinski definition) is 3. The van der Waals surface area contributed by atoms with Crippen molar-refractivity contribution in [1.29, 1.82) is 0 Å². The van der Waals surface area contributed by atoms with Gasteiger partial charge in [-0.2, -0.15) is 0 Å². The summed E-state index contributed by atoms with van der Waals surface area (Å²) in [5.41, 5.74) is 3.40. The third kappa shape index (κ3) is 2.93. The third-order valence-corrected chi connectivity index (χ3v) is 2.69. The first-order valence-corrected chi connectivity index (χ1v) is 6.10. The van der Waals surface area contributed by atoms with Crippen LogP contribution in [-0.2, 0) is 4.84 Å². The van der Waals surface area contributed by atoms with Gasteiger partial charge < -0.3 is 4.42 Å². The Kier molecular flexibility index (Phi) is 3.85. The summed E-state index contributed by atoms with van der Waals surface area (Å²) >= 11 is 0. The zero-order valence-corrected chi connectivity index (χ0v) is 11.1. The highest BCUT2D eigenvalue weighted by molar-refractivity contribution is 5.98. The lowest BCUT2D eigenvalue weighted by molar-refractivity contribution is 0.0189. The highest BCUT2D eigenvalue weighted by atomic mass is 19.1. The molecule has 5 heteroatoms. The normalized spacial score (nSPS) is 11.2. The first-order valence-electron chi connectivity index (χ1n) is 6.10. The van der Waals surface area contributed by atoms with Crippen LogP contribution in [0.15, 0.2) is 22.6 Å². The number of fused-ring (bicyclic) bond motifs is 1. The lowest BCUT2D eigenvalue weighted by Gasteiger charge is -2.06. The van der Waals surface area contributed by atoms with Gasteiger partial charge in [0.2, 0.25) is 0 Å². The van der Waals surface area contributed by atoms with Gasteiger partial charge >= 0.3 is 5.91 Å². The monoisotopic (exact) mass is 265 g/mol. The smallest absolute Gasteiger partial charge is 0.310 e. The number of nitrogens with one attached hydrogen (secondary N) is 1. The molecular formula is C14H16FNO3. The van der Waals surface area contributed by atoms with E-state index in [1.54, 1.807) is 6.92 Å². The van der Waals surface area contributed by atoms with Gasteiger partial charge in [0.15, 0.2) is 5.76 Å². The third-order valence-electron chi connectivity index (χ3n) is 2.69. The molecule has 4 nitrogen and oxygen atoms in total. The van der Waals surface area contributed by atoms with Crippen LogP contribution in [0.4, 0.5) is 4.39 Å². The fourth-order valence-electron chi connectivity index (χ4n) is 1.73. The topological polar surface area (TPSA) is 51.5 Å². The van der Waals surface area contributed by atoms with Gasteiger partial charge in [-0.3, -0.25) is 9.63 Å². The molecule has 1 aromatic carbocycles. The van der Waals surface area contributed by atoms with Crippen molar-refractivity contribution in [2.45, 2.75) is 20.8 Å². The zero-order valence-electron chi connectivity index (χ0n) is 11.1. The number of benzene rings is 1. The van der Waals surface area contributed by atoms with Crippen molar-refractivity contribution >= 4 is 16.9 Å². The number of furan rings is 1. The number of amides is 1. The molecule has 0 saturated carbocycles. The van der Waals surface area contributed by atoms with Gasteiger partial charge in [0.25, 0.3) is 0 Å². The molecule has 0 radical (unpaired) electrons. The summed E-state index contributed by atoms with van der Waals surface area (Å²) in [6.07, 6.45) is 0. The van der Waals surface area contributed by atoms with E-state index in [0.29, 0.717) is 29.1 Å². The molecule has 0 atom stereocenters. The number of halogens is 1. The summed E-state index contributed by atoms with van der Waals surface area (Å²) in [7, 11) is 0. The van der Waals surface area contributed by atoms with Crippen molar-refractivity contribution in [3.63, 3.8) is 0 Å². The fraction of sp³-hybridized carbons (Fsp3) is 0.357. The summed E-state index contributed by atoms with van der Waals surface area (Å²) in [4.78, 5) is 16.9. The maximum atomic E-state index is 13.2. The van der Waals surface area contributed by atoms with Crippen molar-refractivity contribution in [3.8, 4) is 0 Å². The summed E-state index contributed by atoms with van der Waals surface area (Å²) in [6, 6.07) is 4.14. The van der Waals surface area contributed by atoms with Gasteiger partial charge in [-0.15, -0.1) is 0 Å². The van der Waals surface area contributed by atoms with Gasteiger partial charge in [-0.1, -0.05) is 13.8 Å². The van der Waals surface area contributed by atoms with E-state index in [4.69, 9.17) is 9.25 Å². The van der Waals surface area contributed by atoms with Gasteiger partial charge in [-0.25, -0.2) is 9.87 Å². The van der Waals surface area contributed by atoms with Gasteiger partial charge in [-0.05, 0) is 31.0 Å². The molecule has 0 aliphatic carbocycles. The minimum absolute atomic E-state index is 0.143. The molecule has 0 saturated heterocycles. The second-order valence-electron chi connectivity index (χ2n) is 4.83. The highest BCUT2D eigenvalue weighted by Crippen LogP contribution is 2.25. The molecule has 0 fully saturated rings. The van der Waals surface area contributed by atoms with Crippen LogP contribution in [0.5, 0.6) is 0 Å². The van der Waals surface area contributed by atoms with Crippen LogP contribution < -0.4 is 5.48 Å². The molecular weight excluding hydrogens is 249 g/mol. The number of rotatable bonds is 4. The first-order chi connectivity index (χ1) is 8.99. The fourth-order valence-corrected chi connectivity index (χ4v) is 1.73. The molecule has 0 aliphatic rings. The van der Waals surface area contributed by atoms with Crippen LogP contribution in [0.3, 0.4) is 0 Å². The van der Waals surface area contributed by atoms with Crippen LogP contribution in [-0.4, -0.2) is 12.5 Å². The second-order valence-corrected chi connectivity index (χ2v) is 4.83. The predicted molar refractivity (Wildman–Crippen MR) is 69.2 cm³/mol. The van der Waals surface area contributed by atoms with E-state index in [2.05, 4.69) is 5.48 Å². The van der Waals surface area contributed by atoms with E-state index >= 15 is 0 Å². The molecule has 0 aliphatic heterocycles. The molecule has 1 amide bonds. The van der Waals surface area contributed by atoms with Crippen molar-refractivity contribution in [2.75, 3.05) is 6.61 Å². The Morgan fingerprint density at radius 3 is 2.89 bits per heavy atom. The van der Waals surface area contributed by atoms with E-state index in [1.807, 2.05) is 13.8 Å². The Balaban J connectivity index is 2.20. The molecule has 2 aromatic rings. The molecule has 0 unspecified atom stereocenters. The first kappa shape index (κ1) is 13.5. The van der Waals surface area contributed by atoms with Crippen LogP contribution in [0.1, 0.15) is 30.0 Å². The minimum Gasteiger partial charge on any atom is -0.451 e. The summed E-state index contributed by atoms with van der Waals surface area (Å²) in [6.45, 7) is 6.07. The Morgan fingerprint density at radius 1 is 1.47 bits per heavy atom. The van der Waals surface area contributed by atoms with Crippen LogP contribution in [0.2, 0.25) is 0 Å². The number of aryl methyl sites for hydroxylation is 1. The molecule has 0 spiro atoms. The van der Waals surface area contributed by atoms with E-state index in [-0.39, 0.29) is 11.6 Å². The van der Waals surface area contributed by atoms with Gasteiger partial charge in [0.1, 0.15) is 11.4 Å². The highest BCUT2D eigenvalue weighted by Gasteiger charge is 2.18. The van der Waals surface area contributed by atoms with E-state index in [9.17, 15) is 9.18 Å². The maximum absolute atomic E-state index is 13.2. The van der Waals surface area contributed by atoms with Crippen molar-refractivity contribution in [3.05, 3.63) is 35.3 Å². The van der Waals surface area contributed by atoms with Crippen molar-refractivity contribution in [2.24, 2.45) is 5.92 Å². The van der Waals surface area contributed by atoms with Gasteiger partial charge in [0.05, 0.1) is 6.61 Å². The lowest BCUT2D eigenvalue weighted by Crippen LogP contribution is -2.25. The summed E-state index contributed by atoms with van der Waals surface area (Å²) in [5.74, 6) is -0.371. The average Bonchev–Trinajstić information content (AvgIpc) is 2.66. The number of carbonyl (C=O) groups is 1. The quantitative estimate of drug-likeness (QED) is 0.864. The molecule has 19 heavy (non-hydrogen) atoms. The molecule has 1 heterocycles. The Labute approximate surface area is 110 Å². The molecule has 2 rings (SSSR count). The van der Waals surface area contributed by atoms with E-state index in [0.717, 1.165) is 0 Å². The average molecular weight is 265 g/mol. The molecule has 102 valence electrons. The maximum Gasteiger partial charge on any atom is 0.310 e. The Bertz CT molecular complexity index is 604. The van der Waals surface area contributed by atoms with Crippen LogP contribution in [0, 0.1) is 18.7 Å². The zero-order chi connectivity index (χ0) is 14.0. The van der Waals surface area contributed by atoms with Crippen molar-refractivity contribution in [1.82, 2.24) is 5.48 Å². The molecule has 0 bridgehead atoms. The number of hydroxylamine groups is 1. The van der Waals surface area contributed by atoms with Crippen LogP contribution >= 0.6 is 0 Å².